The molecule has 0 bridgehead atoms. The van der Waals surface area contributed by atoms with Crippen LogP contribution < -0.4 is 0 Å². The van der Waals surface area contributed by atoms with E-state index in [9.17, 15) is 30.7 Å². The van der Waals surface area contributed by atoms with Gasteiger partial charge in [0.15, 0.2) is 5.82 Å². The molecule has 0 aliphatic carbocycles. The number of aromatic nitrogens is 6. The minimum Gasteiger partial charge on any atom is -0.256 e. The number of benzene rings is 2. The first-order valence-corrected chi connectivity index (χ1v) is 12.3. The predicted octanol–water partition coefficient (Wildman–Crippen LogP) is 7.56. The smallest absolute Gasteiger partial charge is 0.256 e. The van der Waals surface area contributed by atoms with Gasteiger partial charge >= 0.3 is 32.0 Å². The van der Waals surface area contributed by atoms with Crippen LogP contribution in [0.15, 0.2) is 110 Å². The molecule has 4 aromatic heterocycles. The number of nitrogens with zero attached hydrogens (tertiary/aromatic N) is 5. The van der Waals surface area contributed by atoms with Crippen molar-refractivity contribution in [1.29, 1.82) is 0 Å². The van der Waals surface area contributed by atoms with E-state index in [0.29, 0.717) is 28.2 Å². The fraction of sp³-hybridized carbons (Fsp3) is 0.0333. The Morgan fingerprint density at radius 1 is 0.545 bits per heavy atom. The zero-order chi connectivity index (χ0) is 30.8. The molecule has 6 nitrogen and oxygen atoms in total. The van der Waals surface area contributed by atoms with E-state index in [2.05, 4.69) is 25.0 Å². The van der Waals surface area contributed by atoms with Crippen molar-refractivity contribution < 1.29 is 30.7 Å². The van der Waals surface area contributed by atoms with Crippen molar-refractivity contribution in [3.63, 3.8) is 0 Å². The molecule has 0 aliphatic rings. The SMILES string of the molecule is FC(F)(F)c1nc(-c2ccccn2)n[nH]1.Fc1ccc(-c2ccccn2)c(F)c1.Fc1ccc(-c2ccccn2)c(F)c1.[In+3]. The van der Waals surface area contributed by atoms with Crippen LogP contribution in [0.25, 0.3) is 34.0 Å². The molecule has 4 heterocycles. The number of hydrogen-bond donors (Lipinski definition) is 1. The van der Waals surface area contributed by atoms with E-state index in [0.717, 1.165) is 12.1 Å². The minimum absolute atomic E-state index is 0. The Hall–Kier alpha value is -4.59. The van der Waals surface area contributed by atoms with Crippen LogP contribution in [0.1, 0.15) is 5.82 Å². The molecule has 0 saturated heterocycles. The second kappa shape index (κ2) is 15.8. The summed E-state index contributed by atoms with van der Waals surface area (Å²) in [5.41, 5.74) is 1.93. The Kier molecular flexibility index (Phi) is 12.1. The van der Waals surface area contributed by atoms with Crippen molar-refractivity contribution in [1.82, 2.24) is 30.1 Å². The van der Waals surface area contributed by atoms with Gasteiger partial charge in [0.05, 0.1) is 11.4 Å². The first kappa shape index (κ1) is 33.9. The average molecular weight is 711 g/mol. The minimum atomic E-state index is -4.51. The van der Waals surface area contributed by atoms with Crippen molar-refractivity contribution in [2.45, 2.75) is 6.18 Å². The summed E-state index contributed by atoms with van der Waals surface area (Å²) in [6, 6.07) is 22.1. The van der Waals surface area contributed by atoms with Gasteiger partial charge < -0.3 is 0 Å². The zero-order valence-corrected chi connectivity index (χ0v) is 25.6. The molecule has 0 radical (unpaired) electrons. The van der Waals surface area contributed by atoms with Gasteiger partial charge in [-0.1, -0.05) is 18.2 Å². The molecular weight excluding hydrogens is 692 g/mol. The summed E-state index contributed by atoms with van der Waals surface area (Å²) in [6.45, 7) is 0. The number of H-pyrrole nitrogens is 1. The molecule has 218 valence electrons. The third-order valence-corrected chi connectivity index (χ3v) is 5.39. The summed E-state index contributed by atoms with van der Waals surface area (Å²) in [6.07, 6.45) is 0.0786. The Morgan fingerprint density at radius 3 is 1.32 bits per heavy atom. The Morgan fingerprint density at radius 2 is 0.977 bits per heavy atom. The van der Waals surface area contributed by atoms with E-state index >= 15 is 0 Å². The van der Waals surface area contributed by atoms with Crippen LogP contribution in [0.2, 0.25) is 0 Å². The Balaban J connectivity index is 0.000000178. The fourth-order valence-electron chi connectivity index (χ4n) is 3.44. The molecule has 0 atom stereocenters. The normalized spacial score (nSPS) is 10.4. The number of pyridine rings is 3. The maximum absolute atomic E-state index is 13.3. The molecule has 0 aliphatic heterocycles. The number of halogens is 7. The molecule has 6 aromatic rings. The largest absolute Gasteiger partial charge is 3.00 e. The van der Waals surface area contributed by atoms with E-state index in [-0.39, 0.29) is 31.7 Å². The number of hydrogen-bond acceptors (Lipinski definition) is 5. The monoisotopic (exact) mass is 711 g/mol. The summed E-state index contributed by atoms with van der Waals surface area (Å²) in [5, 5.41) is 5.25. The summed E-state index contributed by atoms with van der Waals surface area (Å²) in [7, 11) is 0. The van der Waals surface area contributed by atoms with Gasteiger partial charge in [-0.05, 0) is 60.7 Å². The van der Waals surface area contributed by atoms with E-state index in [4.69, 9.17) is 0 Å². The van der Waals surface area contributed by atoms with E-state index in [1.807, 2.05) is 5.10 Å². The molecule has 0 spiro atoms. The predicted molar refractivity (Wildman–Crippen MR) is 150 cm³/mol. The van der Waals surface area contributed by atoms with Crippen LogP contribution in [-0.4, -0.2) is 56.0 Å². The summed E-state index contributed by atoms with van der Waals surface area (Å²) >= 11 is 0. The molecule has 1 N–H and O–H groups in total. The van der Waals surface area contributed by atoms with Crippen molar-refractivity contribution in [3.05, 3.63) is 139 Å². The Labute approximate surface area is 264 Å². The van der Waals surface area contributed by atoms with Crippen molar-refractivity contribution in [3.8, 4) is 34.0 Å². The molecule has 0 unspecified atom stereocenters. The van der Waals surface area contributed by atoms with Crippen LogP contribution in [0, 0.1) is 23.3 Å². The molecule has 14 heteroatoms. The molecule has 0 fully saturated rings. The first-order valence-electron chi connectivity index (χ1n) is 12.3. The van der Waals surface area contributed by atoms with Crippen LogP contribution in [0.4, 0.5) is 30.7 Å². The van der Waals surface area contributed by atoms with Gasteiger partial charge in [-0.15, -0.1) is 0 Å². The van der Waals surface area contributed by atoms with Gasteiger partial charge in [-0.25, -0.2) is 22.5 Å². The third kappa shape index (κ3) is 9.46. The quantitative estimate of drug-likeness (QED) is 0.192. The van der Waals surface area contributed by atoms with Gasteiger partial charge in [0, 0.05) is 41.9 Å². The fourth-order valence-corrected chi connectivity index (χ4v) is 3.44. The van der Waals surface area contributed by atoms with Crippen LogP contribution in [0.5, 0.6) is 0 Å². The maximum Gasteiger partial charge on any atom is 3.00 e. The van der Waals surface area contributed by atoms with Crippen LogP contribution >= 0.6 is 0 Å². The van der Waals surface area contributed by atoms with Crippen LogP contribution in [-0.2, 0) is 6.18 Å². The topological polar surface area (TPSA) is 80.2 Å². The number of aromatic amines is 1. The molecule has 0 saturated carbocycles. The van der Waals surface area contributed by atoms with Crippen molar-refractivity contribution in [2.24, 2.45) is 0 Å². The molecule has 44 heavy (non-hydrogen) atoms. The third-order valence-electron chi connectivity index (χ3n) is 5.39. The second-order valence-corrected chi connectivity index (χ2v) is 8.40. The first-order chi connectivity index (χ1) is 20.6. The van der Waals surface area contributed by atoms with Crippen LogP contribution in [0.3, 0.4) is 0 Å². The molecule has 6 rings (SSSR count). The molecular formula is C30H19F7InN6+3. The average Bonchev–Trinajstić information content (AvgIpc) is 3.51. The maximum atomic E-state index is 13.3. The van der Waals surface area contributed by atoms with E-state index in [1.165, 1.54) is 36.5 Å². The Bertz CT molecular complexity index is 1670. The van der Waals surface area contributed by atoms with Gasteiger partial charge in [0.25, 0.3) is 0 Å². The van der Waals surface area contributed by atoms with Gasteiger partial charge in [0.1, 0.15) is 29.0 Å². The number of nitrogens with one attached hydrogen (secondary N) is 1. The number of rotatable bonds is 3. The summed E-state index contributed by atoms with van der Waals surface area (Å²) in [5.74, 6) is -3.54. The van der Waals surface area contributed by atoms with Crippen molar-refractivity contribution in [2.75, 3.05) is 0 Å². The van der Waals surface area contributed by atoms with Gasteiger partial charge in [-0.3, -0.25) is 20.1 Å². The number of alkyl halides is 3. The molecule has 0 amide bonds. The summed E-state index contributed by atoms with van der Waals surface area (Å²) in [4.78, 5) is 15.1. The zero-order valence-electron chi connectivity index (χ0n) is 22.4. The van der Waals surface area contributed by atoms with Gasteiger partial charge in [0.2, 0.25) is 5.82 Å². The standard InChI is InChI=1S/2C11H7F2N.C8H5F3N4.In/c2*12-8-4-5-9(10(13)7-8)11-3-1-2-6-14-11;9-8(10,11)7-13-6(14-15-7)5-3-1-2-4-12-5;/h2*1-7H;1-4H,(H,13,14,15);/q;;;+3. The molecule has 2 aromatic carbocycles. The van der Waals surface area contributed by atoms with Gasteiger partial charge in [-0.2, -0.15) is 18.3 Å². The summed E-state index contributed by atoms with van der Waals surface area (Å²) < 4.78 is 88.2. The van der Waals surface area contributed by atoms with Crippen molar-refractivity contribution >= 4 is 25.8 Å². The van der Waals surface area contributed by atoms with E-state index < -0.39 is 35.3 Å². The van der Waals surface area contributed by atoms with E-state index in [1.54, 1.807) is 60.9 Å². The second-order valence-electron chi connectivity index (χ2n) is 8.40.